The van der Waals surface area contributed by atoms with E-state index in [9.17, 15) is 0 Å². The van der Waals surface area contributed by atoms with Gasteiger partial charge in [0.1, 0.15) is 44.7 Å². The van der Waals surface area contributed by atoms with Gasteiger partial charge in [0.15, 0.2) is 0 Å². The van der Waals surface area contributed by atoms with E-state index in [4.69, 9.17) is 17.7 Å². The van der Waals surface area contributed by atoms with Crippen LogP contribution in [0, 0.1) is 0 Å². The second-order valence-corrected chi connectivity index (χ2v) is 18.8. The minimum absolute atomic E-state index is 0.818. The minimum atomic E-state index is 0.818. The standard InChI is InChI=1S/C66H38N2O4/c1-3-13-41(14-4-1)67(45-21-25-53-61(37-45)69-59-31-19-39-11-7-9-17-47(39)63(53)59)43-23-33-57-55(35-43)51-29-27-50-49(65(51)71-57)28-30-52-56-36-44(24-34-58(56)72-66(50)52)68(42-15-5-2-6-16-42)46-22-26-54-62(38-46)70-60-32-20-40-12-8-10-18-48(40)64(54)60/h1-38H. The summed E-state index contributed by atoms with van der Waals surface area (Å²) < 4.78 is 26.7. The van der Waals surface area contributed by atoms with Crippen molar-refractivity contribution in [2.75, 3.05) is 9.80 Å². The van der Waals surface area contributed by atoms with Gasteiger partial charge in [-0.3, -0.25) is 0 Å². The van der Waals surface area contributed by atoms with E-state index in [2.05, 4.69) is 240 Å². The minimum Gasteiger partial charge on any atom is -0.456 e. The molecule has 336 valence electrons. The molecular weight excluding hydrogens is 885 g/mol. The quantitative estimate of drug-likeness (QED) is 0.166. The number of para-hydroxylation sites is 2. The van der Waals surface area contributed by atoms with Gasteiger partial charge in [-0.05, 0) is 143 Å². The van der Waals surface area contributed by atoms with E-state index < -0.39 is 0 Å². The molecule has 0 spiro atoms. The Balaban J connectivity index is 0.806. The van der Waals surface area contributed by atoms with Gasteiger partial charge in [0.25, 0.3) is 0 Å². The highest BCUT2D eigenvalue weighted by atomic mass is 16.3. The van der Waals surface area contributed by atoms with Crippen molar-refractivity contribution in [3.05, 3.63) is 231 Å². The molecule has 16 aromatic rings. The van der Waals surface area contributed by atoms with Crippen LogP contribution in [0.15, 0.2) is 248 Å². The van der Waals surface area contributed by atoms with Gasteiger partial charge in [-0.25, -0.2) is 0 Å². The van der Waals surface area contributed by atoms with Gasteiger partial charge in [-0.15, -0.1) is 0 Å². The summed E-state index contributed by atoms with van der Waals surface area (Å²) in [5, 5.41) is 15.4. The monoisotopic (exact) mass is 922 g/mol. The lowest BCUT2D eigenvalue weighted by molar-refractivity contribution is 0.669. The number of furan rings is 4. The number of anilines is 6. The van der Waals surface area contributed by atoms with Gasteiger partial charge in [0.05, 0.1) is 0 Å². The fourth-order valence-electron chi connectivity index (χ4n) is 11.5. The molecule has 0 amide bonds. The Morgan fingerprint density at radius 1 is 0.208 bits per heavy atom. The molecule has 12 aromatic carbocycles. The third kappa shape index (κ3) is 5.72. The maximum atomic E-state index is 6.79. The zero-order valence-corrected chi connectivity index (χ0v) is 38.5. The Bertz CT molecular complexity index is 4580. The second kappa shape index (κ2) is 14.9. The molecule has 0 fully saturated rings. The number of hydrogen-bond acceptors (Lipinski definition) is 6. The van der Waals surface area contributed by atoms with Crippen molar-refractivity contribution in [1.29, 1.82) is 0 Å². The van der Waals surface area contributed by atoms with Gasteiger partial charge < -0.3 is 27.5 Å². The third-order valence-corrected chi connectivity index (χ3v) is 14.8. The zero-order valence-electron chi connectivity index (χ0n) is 38.5. The van der Waals surface area contributed by atoms with Crippen molar-refractivity contribution >= 4 is 154 Å². The molecule has 6 heteroatoms. The molecule has 0 aliphatic heterocycles. The fourth-order valence-corrected chi connectivity index (χ4v) is 11.5. The normalized spacial score (nSPS) is 12.2. The average molecular weight is 923 g/mol. The second-order valence-electron chi connectivity index (χ2n) is 18.8. The molecule has 0 aliphatic rings. The summed E-state index contributed by atoms with van der Waals surface area (Å²) >= 11 is 0. The molecule has 16 rings (SSSR count). The molecule has 0 atom stereocenters. The first-order chi connectivity index (χ1) is 35.7. The summed E-state index contributed by atoms with van der Waals surface area (Å²) in [4.78, 5) is 4.57. The Morgan fingerprint density at radius 2 is 0.569 bits per heavy atom. The van der Waals surface area contributed by atoms with Crippen molar-refractivity contribution in [3.8, 4) is 0 Å². The number of fused-ring (bicyclic) bond motifs is 19. The van der Waals surface area contributed by atoms with E-state index in [0.717, 1.165) is 133 Å². The molecule has 6 nitrogen and oxygen atoms in total. The number of rotatable bonds is 6. The van der Waals surface area contributed by atoms with Crippen LogP contribution in [-0.2, 0) is 0 Å². The van der Waals surface area contributed by atoms with E-state index in [0.29, 0.717) is 0 Å². The van der Waals surface area contributed by atoms with Crippen LogP contribution in [0.5, 0.6) is 0 Å². The van der Waals surface area contributed by atoms with E-state index in [1.807, 2.05) is 0 Å². The SMILES string of the molecule is c1ccc(N(c2ccc3c(c2)oc2ccc4ccccc4c23)c2ccc3oc4c(ccc5c4ccc4c6cc(N(c7ccccc7)c7ccc8c(c7)oc7ccc9ccccc9c78)ccc6oc45)c3c2)cc1. The van der Waals surface area contributed by atoms with Crippen LogP contribution in [0.4, 0.5) is 34.1 Å². The van der Waals surface area contributed by atoms with Crippen LogP contribution in [0.25, 0.3) is 120 Å². The fraction of sp³-hybridized carbons (Fsp3) is 0. The maximum Gasteiger partial charge on any atom is 0.143 e. The van der Waals surface area contributed by atoms with Crippen LogP contribution in [0.2, 0.25) is 0 Å². The summed E-state index contributed by atoms with van der Waals surface area (Å²) in [5.41, 5.74) is 12.8. The van der Waals surface area contributed by atoms with Gasteiger partial charge >= 0.3 is 0 Å². The molecule has 4 aromatic heterocycles. The lowest BCUT2D eigenvalue weighted by Crippen LogP contribution is -2.09. The number of hydrogen-bond donors (Lipinski definition) is 0. The van der Waals surface area contributed by atoms with Crippen molar-refractivity contribution in [2.24, 2.45) is 0 Å². The summed E-state index contributed by atoms with van der Waals surface area (Å²) in [6.45, 7) is 0. The lowest BCUT2D eigenvalue weighted by Gasteiger charge is -2.25. The molecule has 0 bridgehead atoms. The van der Waals surface area contributed by atoms with E-state index >= 15 is 0 Å². The number of benzene rings is 12. The summed E-state index contributed by atoms with van der Waals surface area (Å²) in [5.74, 6) is 0. The summed E-state index contributed by atoms with van der Waals surface area (Å²) in [6.07, 6.45) is 0. The van der Waals surface area contributed by atoms with E-state index in [1.54, 1.807) is 0 Å². The average Bonchev–Trinajstić information content (AvgIpc) is 4.22. The van der Waals surface area contributed by atoms with Crippen LogP contribution >= 0.6 is 0 Å². The van der Waals surface area contributed by atoms with Gasteiger partial charge in [0.2, 0.25) is 0 Å². The molecular formula is C66H38N2O4. The third-order valence-electron chi connectivity index (χ3n) is 14.8. The first-order valence-corrected chi connectivity index (χ1v) is 24.3. The number of nitrogens with zero attached hydrogens (tertiary/aromatic N) is 2. The van der Waals surface area contributed by atoms with Crippen LogP contribution in [-0.4, -0.2) is 0 Å². The van der Waals surface area contributed by atoms with E-state index in [-0.39, 0.29) is 0 Å². The highest BCUT2D eigenvalue weighted by molar-refractivity contribution is 6.24. The van der Waals surface area contributed by atoms with Crippen molar-refractivity contribution < 1.29 is 17.7 Å². The molecule has 72 heavy (non-hydrogen) atoms. The largest absolute Gasteiger partial charge is 0.456 e. The Hall–Kier alpha value is -9.78. The molecule has 4 heterocycles. The maximum absolute atomic E-state index is 6.79. The Kier molecular flexibility index (Phi) is 8.07. The molecule has 0 radical (unpaired) electrons. The van der Waals surface area contributed by atoms with Crippen molar-refractivity contribution in [1.82, 2.24) is 0 Å². The smallest absolute Gasteiger partial charge is 0.143 e. The molecule has 0 aliphatic carbocycles. The molecule has 0 unspecified atom stereocenters. The van der Waals surface area contributed by atoms with Crippen molar-refractivity contribution in [2.45, 2.75) is 0 Å². The molecule has 0 saturated heterocycles. The topological polar surface area (TPSA) is 59.0 Å². The Labute approximate surface area is 410 Å². The molecule has 0 saturated carbocycles. The van der Waals surface area contributed by atoms with Gasteiger partial charge in [-0.1, -0.05) is 97.1 Å². The highest BCUT2D eigenvalue weighted by Crippen LogP contribution is 2.46. The van der Waals surface area contributed by atoms with E-state index in [1.165, 1.54) is 21.5 Å². The van der Waals surface area contributed by atoms with Crippen LogP contribution < -0.4 is 9.80 Å². The Morgan fingerprint density at radius 3 is 1.03 bits per heavy atom. The summed E-state index contributed by atoms with van der Waals surface area (Å²) in [6, 6.07) is 81.2. The van der Waals surface area contributed by atoms with Gasteiger partial charge in [0, 0.05) is 100 Å². The molecule has 0 N–H and O–H groups in total. The first-order valence-electron chi connectivity index (χ1n) is 24.3. The lowest BCUT2D eigenvalue weighted by atomic mass is 10.0. The van der Waals surface area contributed by atoms with Gasteiger partial charge in [-0.2, -0.15) is 0 Å². The first kappa shape index (κ1) is 39.1. The predicted molar refractivity (Wildman–Crippen MR) is 297 cm³/mol. The summed E-state index contributed by atoms with van der Waals surface area (Å²) in [7, 11) is 0. The van der Waals surface area contributed by atoms with Crippen molar-refractivity contribution in [3.63, 3.8) is 0 Å². The highest BCUT2D eigenvalue weighted by Gasteiger charge is 2.22. The van der Waals surface area contributed by atoms with Crippen LogP contribution in [0.3, 0.4) is 0 Å². The predicted octanol–water partition coefficient (Wildman–Crippen LogP) is 19.7. The van der Waals surface area contributed by atoms with Crippen LogP contribution in [0.1, 0.15) is 0 Å². The zero-order chi connectivity index (χ0) is 47.0.